The van der Waals surface area contributed by atoms with Crippen LogP contribution in [0.25, 0.3) is 10.9 Å². The fraction of sp³-hybridized carbons (Fsp3) is 0.200. The Morgan fingerprint density at radius 2 is 1.79 bits per heavy atom. The smallest absolute Gasteiger partial charge is 0.408 e. The molecule has 222 valence electrons. The van der Waals surface area contributed by atoms with E-state index in [9.17, 15) is 14.4 Å². The van der Waals surface area contributed by atoms with Crippen molar-refractivity contribution in [3.05, 3.63) is 87.3 Å². The topological polar surface area (TPSA) is 145 Å². The van der Waals surface area contributed by atoms with E-state index in [0.717, 1.165) is 0 Å². The summed E-state index contributed by atoms with van der Waals surface area (Å²) >= 11 is 12.2. The van der Waals surface area contributed by atoms with E-state index in [4.69, 9.17) is 37.9 Å². The molecule has 1 heterocycles. The van der Waals surface area contributed by atoms with E-state index in [-0.39, 0.29) is 51.5 Å². The SMILES string of the molecule is CC(C)(C)OC(=O)NCC(=O)Nc1ccc2[nH]c(C(=O)NCc3ccc(Cl)c(Oc4cc(Cl)cc(C#N)c4)c3F)cc2c1. The highest BCUT2D eigenvalue weighted by Crippen LogP contribution is 2.35. The lowest BCUT2D eigenvalue weighted by Gasteiger charge is -2.19. The molecular weight excluding hydrogens is 600 g/mol. The Kier molecular flexibility index (Phi) is 9.43. The summed E-state index contributed by atoms with van der Waals surface area (Å²) in [5, 5.41) is 17.7. The highest BCUT2D eigenvalue weighted by Gasteiger charge is 2.19. The van der Waals surface area contributed by atoms with Gasteiger partial charge in [-0.3, -0.25) is 9.59 Å². The number of benzene rings is 3. The predicted molar refractivity (Wildman–Crippen MR) is 160 cm³/mol. The molecule has 0 aliphatic rings. The summed E-state index contributed by atoms with van der Waals surface area (Å²) in [6.07, 6.45) is -0.711. The third-order valence-electron chi connectivity index (χ3n) is 5.73. The number of rotatable bonds is 8. The van der Waals surface area contributed by atoms with Gasteiger partial charge in [0.2, 0.25) is 5.91 Å². The van der Waals surface area contributed by atoms with Crippen LogP contribution >= 0.6 is 23.2 Å². The van der Waals surface area contributed by atoms with Crippen LogP contribution in [0.1, 0.15) is 42.4 Å². The van der Waals surface area contributed by atoms with Gasteiger partial charge in [-0.1, -0.05) is 29.3 Å². The summed E-state index contributed by atoms with van der Waals surface area (Å²) < 4.78 is 26.0. The highest BCUT2D eigenvalue weighted by atomic mass is 35.5. The molecule has 3 amide bonds. The molecule has 4 N–H and O–H groups in total. The maximum atomic E-state index is 15.3. The molecule has 0 radical (unpaired) electrons. The maximum Gasteiger partial charge on any atom is 0.408 e. The number of halogens is 3. The number of nitriles is 1. The van der Waals surface area contributed by atoms with Crippen molar-refractivity contribution in [1.29, 1.82) is 5.26 Å². The molecule has 3 aromatic carbocycles. The van der Waals surface area contributed by atoms with E-state index >= 15 is 4.39 Å². The van der Waals surface area contributed by atoms with Crippen LogP contribution in [-0.4, -0.2) is 35.0 Å². The first-order valence-corrected chi connectivity index (χ1v) is 13.6. The van der Waals surface area contributed by atoms with Gasteiger partial charge < -0.3 is 30.4 Å². The average molecular weight is 626 g/mol. The van der Waals surface area contributed by atoms with Crippen molar-refractivity contribution in [2.75, 3.05) is 11.9 Å². The molecule has 0 fully saturated rings. The second-order valence-electron chi connectivity index (χ2n) is 10.3. The number of nitrogens with zero attached hydrogens (tertiary/aromatic N) is 1. The maximum absolute atomic E-state index is 15.3. The largest absolute Gasteiger partial charge is 0.453 e. The Balaban J connectivity index is 1.39. The van der Waals surface area contributed by atoms with E-state index < -0.39 is 29.3 Å². The molecule has 13 heteroatoms. The van der Waals surface area contributed by atoms with Gasteiger partial charge in [-0.05, 0) is 69.3 Å². The van der Waals surface area contributed by atoms with Gasteiger partial charge in [-0.15, -0.1) is 0 Å². The van der Waals surface area contributed by atoms with E-state index in [1.54, 1.807) is 45.0 Å². The molecule has 0 atom stereocenters. The van der Waals surface area contributed by atoms with Gasteiger partial charge in [0, 0.05) is 33.7 Å². The van der Waals surface area contributed by atoms with Gasteiger partial charge >= 0.3 is 6.09 Å². The highest BCUT2D eigenvalue weighted by molar-refractivity contribution is 6.32. The normalized spacial score (nSPS) is 11.0. The van der Waals surface area contributed by atoms with Crippen molar-refractivity contribution in [3.63, 3.8) is 0 Å². The molecule has 10 nitrogen and oxygen atoms in total. The number of H-pyrrole nitrogens is 1. The average Bonchev–Trinajstić information content (AvgIpc) is 3.36. The Labute approximate surface area is 256 Å². The molecule has 4 aromatic rings. The summed E-state index contributed by atoms with van der Waals surface area (Å²) in [4.78, 5) is 39.9. The van der Waals surface area contributed by atoms with E-state index in [1.165, 1.54) is 30.3 Å². The van der Waals surface area contributed by atoms with Crippen LogP contribution in [0.2, 0.25) is 10.0 Å². The van der Waals surface area contributed by atoms with E-state index in [1.807, 2.05) is 6.07 Å². The summed E-state index contributed by atoms with van der Waals surface area (Å²) in [5.74, 6) is -1.91. The van der Waals surface area contributed by atoms with Crippen molar-refractivity contribution in [1.82, 2.24) is 15.6 Å². The number of amides is 3. The van der Waals surface area contributed by atoms with E-state index in [2.05, 4.69) is 20.9 Å². The van der Waals surface area contributed by atoms with Crippen LogP contribution in [0.3, 0.4) is 0 Å². The third kappa shape index (κ3) is 8.38. The third-order valence-corrected chi connectivity index (χ3v) is 6.25. The van der Waals surface area contributed by atoms with Crippen LogP contribution in [0.4, 0.5) is 14.9 Å². The molecule has 0 aliphatic carbocycles. The number of ether oxygens (including phenoxy) is 2. The quantitative estimate of drug-likeness (QED) is 0.172. The van der Waals surface area contributed by atoms with Crippen LogP contribution in [-0.2, 0) is 16.1 Å². The van der Waals surface area contributed by atoms with Gasteiger partial charge in [0.25, 0.3) is 5.91 Å². The summed E-state index contributed by atoms with van der Waals surface area (Å²) in [6, 6.07) is 15.6. The Hall–Kier alpha value is -4.79. The van der Waals surface area contributed by atoms with E-state index in [0.29, 0.717) is 16.6 Å². The van der Waals surface area contributed by atoms with Crippen molar-refractivity contribution in [2.45, 2.75) is 32.9 Å². The second kappa shape index (κ2) is 13.0. The molecule has 0 bridgehead atoms. The molecule has 43 heavy (non-hydrogen) atoms. The molecule has 1 aromatic heterocycles. The standard InChI is InChI=1S/C30H26Cl2FN5O5/c1-30(2,3)43-29(41)36-15-25(39)37-20-5-7-23-18(10-20)11-24(38-23)28(40)35-14-17-4-6-22(32)27(26(17)33)42-21-9-16(13-34)8-19(31)12-21/h4-12,38H,14-15H2,1-3H3,(H,35,40)(H,36,41)(H,37,39). The fourth-order valence-corrected chi connectivity index (χ4v) is 4.29. The van der Waals surface area contributed by atoms with Crippen molar-refractivity contribution >= 4 is 57.7 Å². The van der Waals surface area contributed by atoms with Gasteiger partial charge in [0.15, 0.2) is 11.6 Å². The zero-order valence-corrected chi connectivity index (χ0v) is 24.7. The Bertz CT molecular complexity index is 1760. The number of nitrogens with one attached hydrogen (secondary N) is 4. The lowest BCUT2D eigenvalue weighted by Crippen LogP contribution is -2.37. The molecule has 0 aliphatic heterocycles. The van der Waals surface area contributed by atoms with Crippen LogP contribution in [0.15, 0.2) is 54.6 Å². The number of alkyl carbamates (subject to hydrolysis) is 1. The molecule has 4 rings (SSSR count). The monoisotopic (exact) mass is 625 g/mol. The first-order valence-electron chi connectivity index (χ1n) is 12.8. The Morgan fingerprint density at radius 1 is 1.02 bits per heavy atom. The number of hydrogen-bond donors (Lipinski definition) is 4. The van der Waals surface area contributed by atoms with Gasteiger partial charge in [0.1, 0.15) is 23.6 Å². The van der Waals surface area contributed by atoms with Crippen molar-refractivity contribution in [2.24, 2.45) is 0 Å². The van der Waals surface area contributed by atoms with Gasteiger partial charge in [-0.25, -0.2) is 9.18 Å². The number of anilines is 1. The Morgan fingerprint density at radius 3 is 2.51 bits per heavy atom. The first-order chi connectivity index (χ1) is 20.3. The first kappa shape index (κ1) is 31.2. The fourth-order valence-electron chi connectivity index (χ4n) is 3.88. The minimum absolute atomic E-state index is 0.00908. The summed E-state index contributed by atoms with van der Waals surface area (Å²) in [7, 11) is 0. The second-order valence-corrected chi connectivity index (χ2v) is 11.2. The molecule has 0 saturated heterocycles. The van der Waals surface area contributed by atoms with Gasteiger partial charge in [0.05, 0.1) is 16.7 Å². The number of hydrogen-bond acceptors (Lipinski definition) is 6. The van der Waals surface area contributed by atoms with Gasteiger partial charge in [-0.2, -0.15) is 5.26 Å². The number of aromatic nitrogens is 1. The molecule has 0 spiro atoms. The predicted octanol–water partition coefficient (Wildman–Crippen LogP) is 6.67. The number of fused-ring (bicyclic) bond motifs is 1. The minimum atomic E-state index is -0.788. The number of carbonyl (C=O) groups excluding carboxylic acids is 3. The van der Waals surface area contributed by atoms with Crippen molar-refractivity contribution < 1.29 is 28.2 Å². The van der Waals surface area contributed by atoms with Crippen LogP contribution in [0, 0.1) is 17.1 Å². The molecule has 0 unspecified atom stereocenters. The van der Waals surface area contributed by atoms with Crippen molar-refractivity contribution in [3.8, 4) is 17.6 Å². The number of aromatic amines is 1. The summed E-state index contributed by atoms with van der Waals surface area (Å²) in [5.41, 5.74) is 0.931. The zero-order valence-electron chi connectivity index (χ0n) is 23.2. The molecule has 0 saturated carbocycles. The number of carbonyl (C=O) groups is 3. The zero-order chi connectivity index (χ0) is 31.3. The summed E-state index contributed by atoms with van der Waals surface area (Å²) in [6.45, 7) is 4.67. The van der Waals surface area contributed by atoms with Crippen LogP contribution < -0.4 is 20.7 Å². The minimum Gasteiger partial charge on any atom is -0.453 e. The molecular formula is C30H26Cl2FN5O5. The lowest BCUT2D eigenvalue weighted by atomic mass is 10.2. The van der Waals surface area contributed by atoms with Crippen LogP contribution in [0.5, 0.6) is 11.5 Å². The lowest BCUT2D eigenvalue weighted by molar-refractivity contribution is -0.115.